The molecule has 1 amide bonds. The lowest BCUT2D eigenvalue weighted by molar-refractivity contribution is -0.139. The first-order valence-electron chi connectivity index (χ1n) is 5.82. The maximum Gasteiger partial charge on any atom is 0.305 e. The SMILES string of the molecule is CC(C)N(CCC(=O)O)C(=O)CCCS(C)(=O)=O. The smallest absolute Gasteiger partial charge is 0.305 e. The summed E-state index contributed by atoms with van der Waals surface area (Å²) in [5.74, 6) is -1.18. The van der Waals surface area contributed by atoms with Crippen molar-refractivity contribution in [1.29, 1.82) is 0 Å². The minimum atomic E-state index is -3.06. The molecule has 1 N–H and O–H groups in total. The van der Waals surface area contributed by atoms with Crippen LogP contribution in [0.3, 0.4) is 0 Å². The van der Waals surface area contributed by atoms with Gasteiger partial charge < -0.3 is 10.0 Å². The van der Waals surface area contributed by atoms with Crippen molar-refractivity contribution < 1.29 is 23.1 Å². The molecule has 106 valence electrons. The summed E-state index contributed by atoms with van der Waals surface area (Å²) >= 11 is 0. The highest BCUT2D eigenvalue weighted by Gasteiger charge is 2.18. The minimum Gasteiger partial charge on any atom is -0.481 e. The molecule has 0 aliphatic heterocycles. The molecule has 0 rings (SSSR count). The van der Waals surface area contributed by atoms with Gasteiger partial charge in [0.05, 0.1) is 12.2 Å². The molecule has 18 heavy (non-hydrogen) atoms. The Morgan fingerprint density at radius 1 is 1.22 bits per heavy atom. The van der Waals surface area contributed by atoms with Crippen LogP contribution in [0.15, 0.2) is 0 Å². The van der Waals surface area contributed by atoms with Gasteiger partial charge in [0, 0.05) is 25.3 Å². The molecule has 0 saturated carbocycles. The van der Waals surface area contributed by atoms with Gasteiger partial charge >= 0.3 is 5.97 Å². The number of rotatable bonds is 8. The third-order valence-corrected chi connectivity index (χ3v) is 3.45. The van der Waals surface area contributed by atoms with E-state index in [4.69, 9.17) is 5.11 Å². The summed E-state index contributed by atoms with van der Waals surface area (Å²) in [6, 6.07) is -0.0879. The van der Waals surface area contributed by atoms with Crippen LogP contribution in [0.25, 0.3) is 0 Å². The molecule has 0 saturated heterocycles. The van der Waals surface area contributed by atoms with E-state index in [-0.39, 0.29) is 43.5 Å². The molecule has 0 spiro atoms. The lowest BCUT2D eigenvalue weighted by Crippen LogP contribution is -2.38. The van der Waals surface area contributed by atoms with Crippen LogP contribution in [0, 0.1) is 0 Å². The molecule has 0 aromatic carbocycles. The Morgan fingerprint density at radius 3 is 2.17 bits per heavy atom. The van der Waals surface area contributed by atoms with Crippen molar-refractivity contribution in [3.63, 3.8) is 0 Å². The molecule has 0 bridgehead atoms. The van der Waals surface area contributed by atoms with Gasteiger partial charge in [0.2, 0.25) is 5.91 Å². The molecule has 0 heterocycles. The molecule has 0 aliphatic rings. The Bertz CT molecular complexity index is 388. The monoisotopic (exact) mass is 279 g/mol. The number of nitrogens with zero attached hydrogens (tertiary/aromatic N) is 1. The Labute approximate surface area is 108 Å². The Kier molecular flexibility index (Phi) is 6.90. The van der Waals surface area contributed by atoms with Crippen molar-refractivity contribution in [2.75, 3.05) is 18.6 Å². The van der Waals surface area contributed by atoms with E-state index in [2.05, 4.69) is 0 Å². The lowest BCUT2D eigenvalue weighted by Gasteiger charge is -2.26. The summed E-state index contributed by atoms with van der Waals surface area (Å²) in [7, 11) is -3.06. The molecule has 0 radical (unpaired) electrons. The van der Waals surface area contributed by atoms with Crippen LogP contribution in [0.1, 0.15) is 33.1 Å². The highest BCUT2D eigenvalue weighted by molar-refractivity contribution is 7.90. The first-order valence-corrected chi connectivity index (χ1v) is 7.88. The van der Waals surface area contributed by atoms with Crippen LogP contribution in [-0.2, 0) is 19.4 Å². The molecule has 6 nitrogen and oxygen atoms in total. The van der Waals surface area contributed by atoms with E-state index in [1.54, 1.807) is 13.8 Å². The first-order chi connectivity index (χ1) is 8.13. The second-order valence-corrected chi connectivity index (χ2v) is 6.82. The average Bonchev–Trinajstić information content (AvgIpc) is 2.14. The van der Waals surface area contributed by atoms with Gasteiger partial charge in [-0.2, -0.15) is 0 Å². The molecular weight excluding hydrogens is 258 g/mol. The molecule has 0 atom stereocenters. The Balaban J connectivity index is 4.27. The standard InChI is InChI=1S/C11H21NO5S/c1-9(2)12(7-6-11(14)15)10(13)5-4-8-18(3,16)17/h9H,4-8H2,1-3H3,(H,14,15). The Hall–Kier alpha value is -1.11. The maximum atomic E-state index is 11.8. The topological polar surface area (TPSA) is 91.8 Å². The fraction of sp³-hybridized carbons (Fsp3) is 0.818. The van der Waals surface area contributed by atoms with E-state index < -0.39 is 15.8 Å². The molecule has 0 fully saturated rings. The second kappa shape index (κ2) is 7.35. The lowest BCUT2D eigenvalue weighted by atomic mass is 10.2. The van der Waals surface area contributed by atoms with Gasteiger partial charge in [-0.05, 0) is 20.3 Å². The zero-order valence-corrected chi connectivity index (χ0v) is 11.9. The Morgan fingerprint density at radius 2 is 1.78 bits per heavy atom. The number of hydrogen-bond acceptors (Lipinski definition) is 4. The fourth-order valence-electron chi connectivity index (χ4n) is 1.52. The number of amides is 1. The number of carbonyl (C=O) groups is 2. The van der Waals surface area contributed by atoms with Crippen LogP contribution >= 0.6 is 0 Å². The third kappa shape index (κ3) is 8.05. The van der Waals surface area contributed by atoms with E-state index in [0.29, 0.717) is 0 Å². The van der Waals surface area contributed by atoms with Gasteiger partial charge in [-0.25, -0.2) is 8.42 Å². The normalized spacial score (nSPS) is 11.6. The third-order valence-electron chi connectivity index (χ3n) is 2.42. The molecule has 7 heteroatoms. The van der Waals surface area contributed by atoms with E-state index in [1.165, 1.54) is 4.90 Å². The summed E-state index contributed by atoms with van der Waals surface area (Å²) in [6.45, 7) is 3.76. The second-order valence-electron chi connectivity index (χ2n) is 4.56. The number of carboxylic acids is 1. The molecule has 0 aromatic heterocycles. The predicted molar refractivity (Wildman–Crippen MR) is 68.0 cm³/mol. The fourth-order valence-corrected chi connectivity index (χ4v) is 2.18. The molecular formula is C11H21NO5S. The van der Waals surface area contributed by atoms with Gasteiger partial charge in [0.1, 0.15) is 9.84 Å². The minimum absolute atomic E-state index is 0.0242. The number of carbonyl (C=O) groups excluding carboxylic acids is 1. The van der Waals surface area contributed by atoms with E-state index in [0.717, 1.165) is 6.26 Å². The number of carboxylic acid groups (broad SMARTS) is 1. The number of hydrogen-bond donors (Lipinski definition) is 1. The zero-order valence-electron chi connectivity index (χ0n) is 11.0. The molecule has 0 aliphatic carbocycles. The van der Waals surface area contributed by atoms with Crippen molar-refractivity contribution in [2.45, 2.75) is 39.2 Å². The maximum absolute atomic E-state index is 11.8. The first kappa shape index (κ1) is 16.9. The quantitative estimate of drug-likeness (QED) is 0.699. The predicted octanol–water partition coefficient (Wildman–Crippen LogP) is 0.523. The summed E-state index contributed by atoms with van der Waals surface area (Å²) in [5, 5.41) is 8.59. The van der Waals surface area contributed by atoms with Gasteiger partial charge in [0.15, 0.2) is 0 Å². The van der Waals surface area contributed by atoms with Crippen molar-refractivity contribution in [3.8, 4) is 0 Å². The van der Waals surface area contributed by atoms with Gasteiger partial charge in [-0.15, -0.1) is 0 Å². The molecule has 0 unspecified atom stereocenters. The van der Waals surface area contributed by atoms with Gasteiger partial charge in [-0.3, -0.25) is 9.59 Å². The largest absolute Gasteiger partial charge is 0.481 e. The van der Waals surface area contributed by atoms with E-state index >= 15 is 0 Å². The average molecular weight is 279 g/mol. The van der Waals surface area contributed by atoms with Gasteiger partial charge in [-0.1, -0.05) is 0 Å². The van der Waals surface area contributed by atoms with Crippen LogP contribution < -0.4 is 0 Å². The highest BCUT2D eigenvalue weighted by Crippen LogP contribution is 2.06. The van der Waals surface area contributed by atoms with E-state index in [9.17, 15) is 18.0 Å². The summed E-state index contributed by atoms with van der Waals surface area (Å²) in [5.41, 5.74) is 0. The van der Waals surface area contributed by atoms with Crippen LogP contribution in [-0.4, -0.2) is 54.9 Å². The molecule has 0 aromatic rings. The zero-order chi connectivity index (χ0) is 14.3. The van der Waals surface area contributed by atoms with Crippen LogP contribution in [0.4, 0.5) is 0 Å². The van der Waals surface area contributed by atoms with Gasteiger partial charge in [0.25, 0.3) is 0 Å². The van der Waals surface area contributed by atoms with Crippen LogP contribution in [0.2, 0.25) is 0 Å². The highest BCUT2D eigenvalue weighted by atomic mass is 32.2. The van der Waals surface area contributed by atoms with Crippen LogP contribution in [0.5, 0.6) is 0 Å². The number of sulfone groups is 1. The summed E-state index contributed by atoms with van der Waals surface area (Å²) in [6.07, 6.45) is 1.43. The summed E-state index contributed by atoms with van der Waals surface area (Å²) in [4.78, 5) is 23.8. The van der Waals surface area contributed by atoms with Crippen molar-refractivity contribution >= 4 is 21.7 Å². The summed E-state index contributed by atoms with van der Waals surface area (Å²) < 4.78 is 21.9. The van der Waals surface area contributed by atoms with Crippen molar-refractivity contribution in [2.24, 2.45) is 0 Å². The number of aliphatic carboxylic acids is 1. The van der Waals surface area contributed by atoms with E-state index in [1.807, 2.05) is 0 Å². The van der Waals surface area contributed by atoms with Crippen molar-refractivity contribution in [3.05, 3.63) is 0 Å². The van der Waals surface area contributed by atoms with Crippen molar-refractivity contribution in [1.82, 2.24) is 4.90 Å².